The Kier molecular flexibility index (Phi) is 5.50. The maximum absolute atomic E-state index is 13.4. The van der Waals surface area contributed by atoms with Gasteiger partial charge in [-0.25, -0.2) is 4.39 Å². The van der Waals surface area contributed by atoms with Gasteiger partial charge in [-0.2, -0.15) is 13.2 Å². The van der Waals surface area contributed by atoms with Gasteiger partial charge in [0.05, 0.1) is 12.0 Å². The van der Waals surface area contributed by atoms with Crippen molar-refractivity contribution in [3.8, 4) is 0 Å². The van der Waals surface area contributed by atoms with Crippen LogP contribution in [0.5, 0.6) is 0 Å². The van der Waals surface area contributed by atoms with Gasteiger partial charge in [-0.05, 0) is 42.5 Å². The van der Waals surface area contributed by atoms with Gasteiger partial charge in [-0.1, -0.05) is 6.07 Å². The standard InChI is InChI=1S/C18H16F4N2O2S/c19-14-6-5-11(9-13(14)18(20,21)22)23-17(26)15-4-1-7-24(15)16(25)10-12-3-2-8-27-12/h2-3,5-6,8-9,15H,1,4,7,10H2,(H,23,26). The van der Waals surface area contributed by atoms with Crippen LogP contribution in [0.1, 0.15) is 23.3 Å². The molecule has 0 spiro atoms. The number of thiophene rings is 1. The number of likely N-dealkylation sites (tertiary alicyclic amines) is 1. The first-order valence-corrected chi connectivity index (χ1v) is 9.13. The number of rotatable bonds is 4. The van der Waals surface area contributed by atoms with Crippen LogP contribution in [0.15, 0.2) is 35.7 Å². The minimum Gasteiger partial charge on any atom is -0.330 e. The number of halogens is 4. The molecule has 1 N–H and O–H groups in total. The van der Waals surface area contributed by atoms with Crippen LogP contribution >= 0.6 is 11.3 Å². The lowest BCUT2D eigenvalue weighted by atomic mass is 10.1. The van der Waals surface area contributed by atoms with Crippen molar-refractivity contribution in [3.63, 3.8) is 0 Å². The Balaban J connectivity index is 1.71. The molecule has 0 aliphatic carbocycles. The number of carbonyl (C=O) groups excluding carboxylic acids is 2. The number of alkyl halides is 3. The van der Waals surface area contributed by atoms with Crippen LogP contribution in [-0.4, -0.2) is 29.3 Å². The molecular formula is C18H16F4N2O2S. The molecule has 1 fully saturated rings. The highest BCUT2D eigenvalue weighted by atomic mass is 32.1. The molecule has 1 atom stereocenters. The van der Waals surface area contributed by atoms with E-state index in [0.29, 0.717) is 31.5 Å². The molecule has 2 amide bonds. The maximum Gasteiger partial charge on any atom is 0.419 e. The first-order valence-electron chi connectivity index (χ1n) is 8.25. The number of carbonyl (C=O) groups is 2. The first-order chi connectivity index (χ1) is 12.8. The summed E-state index contributed by atoms with van der Waals surface area (Å²) >= 11 is 1.44. The minimum atomic E-state index is -4.86. The SMILES string of the molecule is O=C(Nc1ccc(F)c(C(F)(F)F)c1)C1CCCN1C(=O)Cc1cccs1. The molecule has 1 aliphatic rings. The summed E-state index contributed by atoms with van der Waals surface area (Å²) in [6.07, 6.45) is -3.63. The number of hydrogen-bond acceptors (Lipinski definition) is 3. The molecule has 1 aromatic heterocycles. The van der Waals surface area contributed by atoms with E-state index >= 15 is 0 Å². The van der Waals surface area contributed by atoms with Crippen LogP contribution in [0.2, 0.25) is 0 Å². The molecule has 0 saturated carbocycles. The van der Waals surface area contributed by atoms with Crippen molar-refractivity contribution in [2.45, 2.75) is 31.5 Å². The second-order valence-electron chi connectivity index (χ2n) is 6.18. The fraction of sp³-hybridized carbons (Fsp3) is 0.333. The zero-order valence-electron chi connectivity index (χ0n) is 14.1. The van der Waals surface area contributed by atoms with E-state index in [9.17, 15) is 27.2 Å². The number of hydrogen-bond donors (Lipinski definition) is 1. The topological polar surface area (TPSA) is 49.4 Å². The lowest BCUT2D eigenvalue weighted by Gasteiger charge is -2.24. The highest BCUT2D eigenvalue weighted by Crippen LogP contribution is 2.33. The van der Waals surface area contributed by atoms with E-state index in [0.717, 1.165) is 10.9 Å². The van der Waals surface area contributed by atoms with Crippen molar-refractivity contribution in [2.75, 3.05) is 11.9 Å². The molecule has 27 heavy (non-hydrogen) atoms. The second kappa shape index (κ2) is 7.67. The smallest absolute Gasteiger partial charge is 0.330 e. The normalized spacial score (nSPS) is 17.2. The van der Waals surface area contributed by atoms with E-state index in [2.05, 4.69) is 5.32 Å². The summed E-state index contributed by atoms with van der Waals surface area (Å²) in [5, 5.41) is 4.22. The molecule has 3 rings (SSSR count). The summed E-state index contributed by atoms with van der Waals surface area (Å²) in [6.45, 7) is 0.416. The third kappa shape index (κ3) is 4.47. The molecule has 9 heteroatoms. The Morgan fingerprint density at radius 1 is 1.26 bits per heavy atom. The number of anilines is 1. The van der Waals surface area contributed by atoms with Crippen molar-refractivity contribution >= 4 is 28.8 Å². The fourth-order valence-corrected chi connectivity index (χ4v) is 3.74. The predicted octanol–water partition coefficient (Wildman–Crippen LogP) is 4.08. The Morgan fingerprint density at radius 2 is 2.04 bits per heavy atom. The number of nitrogens with one attached hydrogen (secondary N) is 1. The van der Waals surface area contributed by atoms with Crippen LogP contribution in [0.25, 0.3) is 0 Å². The van der Waals surface area contributed by atoms with Gasteiger partial charge in [-0.3, -0.25) is 9.59 Å². The van der Waals surface area contributed by atoms with Crippen LogP contribution in [-0.2, 0) is 22.2 Å². The van der Waals surface area contributed by atoms with E-state index in [1.807, 2.05) is 17.5 Å². The van der Waals surface area contributed by atoms with E-state index in [-0.39, 0.29) is 18.0 Å². The zero-order valence-corrected chi connectivity index (χ0v) is 14.9. The molecule has 1 aliphatic heterocycles. The average molecular weight is 400 g/mol. The van der Waals surface area contributed by atoms with E-state index in [1.165, 1.54) is 16.2 Å². The second-order valence-corrected chi connectivity index (χ2v) is 7.22. The number of amides is 2. The molecule has 2 heterocycles. The molecule has 2 aromatic rings. The first kappa shape index (κ1) is 19.3. The highest BCUT2D eigenvalue weighted by Gasteiger charge is 2.36. The molecule has 1 unspecified atom stereocenters. The summed E-state index contributed by atoms with van der Waals surface area (Å²) in [4.78, 5) is 27.3. The Hall–Kier alpha value is -2.42. The summed E-state index contributed by atoms with van der Waals surface area (Å²) < 4.78 is 51.8. The van der Waals surface area contributed by atoms with Crippen LogP contribution in [0.3, 0.4) is 0 Å². The van der Waals surface area contributed by atoms with Gasteiger partial charge >= 0.3 is 6.18 Å². The summed E-state index contributed by atoms with van der Waals surface area (Å²) in [7, 11) is 0. The lowest BCUT2D eigenvalue weighted by molar-refractivity contribution is -0.140. The third-order valence-electron chi connectivity index (χ3n) is 4.32. The van der Waals surface area contributed by atoms with E-state index in [4.69, 9.17) is 0 Å². The van der Waals surface area contributed by atoms with Gasteiger partial charge < -0.3 is 10.2 Å². The zero-order chi connectivity index (χ0) is 19.6. The van der Waals surface area contributed by atoms with Crippen molar-refractivity contribution in [3.05, 3.63) is 52.0 Å². The molecule has 1 saturated heterocycles. The minimum absolute atomic E-state index is 0.161. The van der Waals surface area contributed by atoms with Crippen molar-refractivity contribution in [2.24, 2.45) is 0 Å². The Bertz CT molecular complexity index is 836. The molecular weight excluding hydrogens is 384 g/mol. The van der Waals surface area contributed by atoms with Crippen molar-refractivity contribution < 1.29 is 27.2 Å². The lowest BCUT2D eigenvalue weighted by Crippen LogP contribution is -2.43. The summed E-state index contributed by atoms with van der Waals surface area (Å²) in [5.41, 5.74) is -1.61. The molecule has 0 bridgehead atoms. The van der Waals surface area contributed by atoms with Gasteiger partial charge in [0.15, 0.2) is 0 Å². The van der Waals surface area contributed by atoms with E-state index < -0.39 is 29.5 Å². The quantitative estimate of drug-likeness (QED) is 0.787. The molecule has 1 aromatic carbocycles. The van der Waals surface area contributed by atoms with E-state index in [1.54, 1.807) is 0 Å². The van der Waals surface area contributed by atoms with Crippen molar-refractivity contribution in [1.82, 2.24) is 4.90 Å². The van der Waals surface area contributed by atoms with Crippen molar-refractivity contribution in [1.29, 1.82) is 0 Å². The monoisotopic (exact) mass is 400 g/mol. The largest absolute Gasteiger partial charge is 0.419 e. The predicted molar refractivity (Wildman–Crippen MR) is 92.8 cm³/mol. The molecule has 144 valence electrons. The summed E-state index contributed by atoms with van der Waals surface area (Å²) in [5.74, 6) is -2.19. The van der Waals surface area contributed by atoms with Crippen LogP contribution in [0.4, 0.5) is 23.2 Å². The Morgan fingerprint density at radius 3 is 2.70 bits per heavy atom. The van der Waals surface area contributed by atoms with Crippen LogP contribution < -0.4 is 5.32 Å². The molecule has 0 radical (unpaired) electrons. The van der Waals surface area contributed by atoms with Gasteiger partial charge in [-0.15, -0.1) is 11.3 Å². The Labute approximate surface area is 156 Å². The number of benzene rings is 1. The average Bonchev–Trinajstić information content (AvgIpc) is 3.26. The molecule has 4 nitrogen and oxygen atoms in total. The maximum atomic E-state index is 13.4. The van der Waals surface area contributed by atoms with Gasteiger partial charge in [0.2, 0.25) is 11.8 Å². The summed E-state index contributed by atoms with van der Waals surface area (Å²) in [6, 6.07) is 5.18. The van der Waals surface area contributed by atoms with Gasteiger partial charge in [0.25, 0.3) is 0 Å². The van der Waals surface area contributed by atoms with Gasteiger partial charge in [0, 0.05) is 17.1 Å². The fourth-order valence-electron chi connectivity index (χ4n) is 3.05. The highest BCUT2D eigenvalue weighted by molar-refractivity contribution is 7.10. The van der Waals surface area contributed by atoms with Gasteiger partial charge in [0.1, 0.15) is 11.9 Å². The van der Waals surface area contributed by atoms with Crippen LogP contribution in [0, 0.1) is 5.82 Å². The number of nitrogens with zero attached hydrogens (tertiary/aromatic N) is 1. The third-order valence-corrected chi connectivity index (χ3v) is 5.20.